The summed E-state index contributed by atoms with van der Waals surface area (Å²) in [5.41, 5.74) is 0.878. The quantitative estimate of drug-likeness (QED) is 0.730. The maximum atomic E-state index is 10.9. The number of carboxylic acids is 1. The van der Waals surface area contributed by atoms with Gasteiger partial charge >= 0.3 is 5.97 Å². The van der Waals surface area contributed by atoms with Gasteiger partial charge in [-0.05, 0) is 36.0 Å². The second kappa shape index (κ2) is 7.01. The molecule has 0 spiro atoms. The standard InChI is InChI=1S/C12H15N5O2S/c1-13-10(11(18)19)7-8-20-12-14-15-16-17(12)9-5-3-2-4-6-9/h2-6,10,13H,7-8H2,1H3,(H,18,19). The third kappa shape index (κ3) is 3.55. The minimum Gasteiger partial charge on any atom is -0.480 e. The van der Waals surface area contributed by atoms with E-state index in [0.717, 1.165) is 5.69 Å². The van der Waals surface area contributed by atoms with E-state index in [9.17, 15) is 4.79 Å². The van der Waals surface area contributed by atoms with E-state index in [4.69, 9.17) is 5.11 Å². The van der Waals surface area contributed by atoms with Gasteiger partial charge in [0, 0.05) is 5.75 Å². The number of carboxylic acid groups (broad SMARTS) is 1. The van der Waals surface area contributed by atoms with Gasteiger partial charge in [-0.25, -0.2) is 0 Å². The van der Waals surface area contributed by atoms with E-state index in [-0.39, 0.29) is 0 Å². The van der Waals surface area contributed by atoms with Gasteiger partial charge in [-0.1, -0.05) is 30.0 Å². The number of aliphatic carboxylic acids is 1. The van der Waals surface area contributed by atoms with E-state index in [0.29, 0.717) is 17.3 Å². The molecule has 0 bridgehead atoms. The molecular formula is C12H15N5O2S. The molecule has 0 fully saturated rings. The second-order valence-corrected chi connectivity index (χ2v) is 5.09. The van der Waals surface area contributed by atoms with Crippen molar-refractivity contribution in [2.75, 3.05) is 12.8 Å². The van der Waals surface area contributed by atoms with Crippen LogP contribution < -0.4 is 5.32 Å². The van der Waals surface area contributed by atoms with Crippen molar-refractivity contribution in [2.24, 2.45) is 0 Å². The highest BCUT2D eigenvalue weighted by molar-refractivity contribution is 7.99. The molecule has 0 aliphatic rings. The Hall–Kier alpha value is -1.93. The zero-order valence-electron chi connectivity index (χ0n) is 10.9. The maximum absolute atomic E-state index is 10.9. The first-order valence-electron chi connectivity index (χ1n) is 6.09. The monoisotopic (exact) mass is 293 g/mol. The fraction of sp³-hybridized carbons (Fsp3) is 0.333. The van der Waals surface area contributed by atoms with Gasteiger partial charge in [0.05, 0.1) is 5.69 Å². The molecule has 20 heavy (non-hydrogen) atoms. The van der Waals surface area contributed by atoms with Crippen LogP contribution in [0.4, 0.5) is 0 Å². The van der Waals surface area contributed by atoms with Gasteiger partial charge in [0.15, 0.2) is 0 Å². The number of carbonyl (C=O) groups is 1. The van der Waals surface area contributed by atoms with Crippen molar-refractivity contribution in [1.82, 2.24) is 25.5 Å². The Kier molecular flexibility index (Phi) is 5.08. The molecule has 8 heteroatoms. The summed E-state index contributed by atoms with van der Waals surface area (Å²) in [4.78, 5) is 10.9. The Morgan fingerprint density at radius 2 is 2.20 bits per heavy atom. The SMILES string of the molecule is CNC(CCSc1nnnn1-c1ccccc1)C(=O)O. The Morgan fingerprint density at radius 3 is 2.85 bits per heavy atom. The highest BCUT2D eigenvalue weighted by Gasteiger charge is 2.15. The van der Waals surface area contributed by atoms with Crippen molar-refractivity contribution in [3.63, 3.8) is 0 Å². The van der Waals surface area contributed by atoms with E-state index < -0.39 is 12.0 Å². The zero-order chi connectivity index (χ0) is 14.4. The Labute approximate surface area is 120 Å². The molecule has 1 aromatic heterocycles. The van der Waals surface area contributed by atoms with Gasteiger partial charge in [-0.3, -0.25) is 4.79 Å². The van der Waals surface area contributed by atoms with Crippen molar-refractivity contribution >= 4 is 17.7 Å². The number of benzene rings is 1. The largest absolute Gasteiger partial charge is 0.480 e. The van der Waals surface area contributed by atoms with Crippen LogP contribution in [-0.4, -0.2) is 50.1 Å². The minimum atomic E-state index is -0.851. The lowest BCUT2D eigenvalue weighted by Gasteiger charge is -2.10. The summed E-state index contributed by atoms with van der Waals surface area (Å²) in [5.74, 6) is -0.235. The Balaban J connectivity index is 1.98. The van der Waals surface area contributed by atoms with Gasteiger partial charge in [0.1, 0.15) is 6.04 Å². The Morgan fingerprint density at radius 1 is 1.45 bits per heavy atom. The number of thioether (sulfide) groups is 1. The molecule has 1 unspecified atom stereocenters. The van der Waals surface area contributed by atoms with Crippen LogP contribution in [0, 0.1) is 0 Å². The van der Waals surface area contributed by atoms with Crippen LogP contribution in [0.5, 0.6) is 0 Å². The summed E-state index contributed by atoms with van der Waals surface area (Å²) < 4.78 is 1.64. The molecule has 2 aromatic rings. The molecule has 0 saturated heterocycles. The topological polar surface area (TPSA) is 92.9 Å². The predicted octanol–water partition coefficient (Wildman–Crippen LogP) is 0.817. The van der Waals surface area contributed by atoms with Gasteiger partial charge < -0.3 is 10.4 Å². The van der Waals surface area contributed by atoms with E-state index in [2.05, 4.69) is 20.8 Å². The van der Waals surface area contributed by atoms with Crippen LogP contribution in [0.1, 0.15) is 6.42 Å². The number of nitrogens with zero attached hydrogens (tertiary/aromatic N) is 4. The average molecular weight is 293 g/mol. The molecule has 1 heterocycles. The highest BCUT2D eigenvalue weighted by Crippen LogP contribution is 2.19. The first-order valence-corrected chi connectivity index (χ1v) is 7.07. The summed E-state index contributed by atoms with van der Waals surface area (Å²) in [6.45, 7) is 0. The molecule has 0 aliphatic carbocycles. The van der Waals surface area contributed by atoms with Crippen LogP contribution in [0.2, 0.25) is 0 Å². The van der Waals surface area contributed by atoms with Gasteiger partial charge in [-0.15, -0.1) is 5.10 Å². The third-order valence-electron chi connectivity index (χ3n) is 2.73. The van der Waals surface area contributed by atoms with Crippen molar-refractivity contribution in [3.8, 4) is 5.69 Å². The van der Waals surface area contributed by atoms with Crippen LogP contribution in [0.15, 0.2) is 35.5 Å². The number of nitrogens with one attached hydrogen (secondary N) is 1. The van der Waals surface area contributed by atoms with E-state index in [1.54, 1.807) is 11.7 Å². The molecule has 0 saturated carbocycles. The number of rotatable bonds is 7. The lowest BCUT2D eigenvalue weighted by molar-refractivity contribution is -0.139. The van der Waals surface area contributed by atoms with Crippen LogP contribution in [-0.2, 0) is 4.79 Å². The van der Waals surface area contributed by atoms with Crippen LogP contribution in [0.25, 0.3) is 5.69 Å². The predicted molar refractivity (Wildman–Crippen MR) is 75.0 cm³/mol. The van der Waals surface area contributed by atoms with Crippen LogP contribution >= 0.6 is 11.8 Å². The van der Waals surface area contributed by atoms with Crippen molar-refractivity contribution in [2.45, 2.75) is 17.6 Å². The molecule has 2 N–H and O–H groups in total. The first-order chi connectivity index (χ1) is 9.72. The number of likely N-dealkylation sites (N-methyl/N-ethyl adjacent to an activating group) is 1. The number of hydrogen-bond acceptors (Lipinski definition) is 6. The molecule has 0 aliphatic heterocycles. The van der Waals surface area contributed by atoms with E-state index in [1.165, 1.54) is 11.8 Å². The number of tetrazole rings is 1. The van der Waals surface area contributed by atoms with Gasteiger partial charge in [0.25, 0.3) is 0 Å². The van der Waals surface area contributed by atoms with Crippen molar-refractivity contribution in [3.05, 3.63) is 30.3 Å². The minimum absolute atomic E-state index is 0.498. The zero-order valence-corrected chi connectivity index (χ0v) is 11.7. The number of hydrogen-bond donors (Lipinski definition) is 2. The van der Waals surface area contributed by atoms with E-state index >= 15 is 0 Å². The van der Waals surface area contributed by atoms with Gasteiger partial charge in [-0.2, -0.15) is 4.68 Å². The number of para-hydroxylation sites is 1. The highest BCUT2D eigenvalue weighted by atomic mass is 32.2. The molecule has 1 aromatic carbocycles. The molecule has 2 rings (SSSR count). The fourth-order valence-corrected chi connectivity index (χ4v) is 2.55. The normalized spacial score (nSPS) is 12.2. The lowest BCUT2D eigenvalue weighted by atomic mass is 10.2. The van der Waals surface area contributed by atoms with Crippen LogP contribution in [0.3, 0.4) is 0 Å². The van der Waals surface area contributed by atoms with Gasteiger partial charge in [0.2, 0.25) is 5.16 Å². The fourth-order valence-electron chi connectivity index (χ4n) is 1.66. The second-order valence-electron chi connectivity index (χ2n) is 4.03. The summed E-state index contributed by atoms with van der Waals surface area (Å²) in [5, 5.41) is 23.9. The first kappa shape index (κ1) is 14.5. The van der Waals surface area contributed by atoms with Crippen molar-refractivity contribution < 1.29 is 9.90 Å². The van der Waals surface area contributed by atoms with Crippen molar-refractivity contribution in [1.29, 1.82) is 0 Å². The summed E-state index contributed by atoms with van der Waals surface area (Å²) in [7, 11) is 1.64. The number of aromatic nitrogens is 4. The smallest absolute Gasteiger partial charge is 0.320 e. The lowest BCUT2D eigenvalue weighted by Crippen LogP contribution is -2.34. The molecule has 0 amide bonds. The third-order valence-corrected chi connectivity index (χ3v) is 3.68. The Bertz CT molecular complexity index is 560. The molecule has 106 valence electrons. The summed E-state index contributed by atoms with van der Waals surface area (Å²) in [6.07, 6.45) is 0.498. The van der Waals surface area contributed by atoms with E-state index in [1.807, 2.05) is 30.3 Å². The average Bonchev–Trinajstić information content (AvgIpc) is 2.92. The summed E-state index contributed by atoms with van der Waals surface area (Å²) in [6, 6.07) is 9.01. The maximum Gasteiger partial charge on any atom is 0.320 e. The molecular weight excluding hydrogens is 278 g/mol. The molecule has 0 radical (unpaired) electrons. The molecule has 7 nitrogen and oxygen atoms in total. The summed E-state index contributed by atoms with van der Waals surface area (Å²) >= 11 is 1.43. The molecule has 1 atom stereocenters.